The van der Waals surface area contributed by atoms with Crippen molar-refractivity contribution in [2.45, 2.75) is 39.4 Å². The van der Waals surface area contributed by atoms with Gasteiger partial charge in [0.15, 0.2) is 0 Å². The minimum atomic E-state index is -0.500. The fourth-order valence-corrected chi connectivity index (χ4v) is 3.75. The van der Waals surface area contributed by atoms with Crippen LogP contribution in [0.15, 0.2) is 59.8 Å². The average Bonchev–Trinajstić information content (AvgIpc) is 2.85. The molecule has 36 heavy (non-hydrogen) atoms. The van der Waals surface area contributed by atoms with Crippen LogP contribution in [-0.4, -0.2) is 35.2 Å². The third-order valence-electron chi connectivity index (χ3n) is 5.10. The molecular weight excluding hydrogens is 499 g/mol. The van der Waals surface area contributed by atoms with E-state index in [2.05, 4.69) is 44.9 Å². The fourth-order valence-electron chi connectivity index (χ4n) is 3.42. The molecule has 1 amide bonds. The first-order valence-electron chi connectivity index (χ1n) is 11.5. The minimum Gasteiger partial charge on any atom is -0.399 e. The van der Waals surface area contributed by atoms with Gasteiger partial charge in [0.05, 0.1) is 11.9 Å². The van der Waals surface area contributed by atoms with E-state index in [1.54, 1.807) is 18.2 Å². The summed E-state index contributed by atoms with van der Waals surface area (Å²) in [6.45, 7) is 5.00. The quantitative estimate of drug-likeness (QED) is 0.211. The molecular formula is C26H30Cl2N6O2. The Morgan fingerprint density at radius 3 is 2.50 bits per heavy atom. The van der Waals surface area contributed by atoms with E-state index in [-0.39, 0.29) is 11.8 Å². The highest BCUT2D eigenvalue weighted by molar-refractivity contribution is 6.30. The van der Waals surface area contributed by atoms with Crippen molar-refractivity contribution in [3.05, 3.63) is 81.5 Å². The molecule has 0 radical (unpaired) electrons. The maximum atomic E-state index is 13.1. The Morgan fingerprint density at radius 1 is 1.03 bits per heavy atom. The molecule has 190 valence electrons. The first-order valence-corrected chi connectivity index (χ1v) is 12.3. The number of benzene rings is 2. The molecule has 0 fully saturated rings. The van der Waals surface area contributed by atoms with Gasteiger partial charge in [-0.15, -0.1) is 0 Å². The van der Waals surface area contributed by atoms with Crippen LogP contribution < -0.4 is 16.0 Å². The third kappa shape index (κ3) is 9.02. The van der Waals surface area contributed by atoms with Gasteiger partial charge in [0.2, 0.25) is 11.9 Å². The van der Waals surface area contributed by atoms with Crippen LogP contribution in [0.3, 0.4) is 0 Å². The molecule has 0 aliphatic rings. The summed E-state index contributed by atoms with van der Waals surface area (Å²) in [6.07, 6.45) is 2.10. The summed E-state index contributed by atoms with van der Waals surface area (Å²) in [5.41, 5.74) is 2.47. The van der Waals surface area contributed by atoms with Gasteiger partial charge in [-0.3, -0.25) is 4.79 Å². The summed E-state index contributed by atoms with van der Waals surface area (Å²) in [5.74, 6) is 1.02. The molecule has 10 heteroatoms. The van der Waals surface area contributed by atoms with Crippen molar-refractivity contribution in [3.8, 4) is 0 Å². The van der Waals surface area contributed by atoms with Gasteiger partial charge in [-0.2, -0.15) is 4.98 Å². The van der Waals surface area contributed by atoms with Gasteiger partial charge >= 0.3 is 0 Å². The van der Waals surface area contributed by atoms with E-state index in [0.717, 1.165) is 11.1 Å². The van der Waals surface area contributed by atoms with Gasteiger partial charge in [-0.1, -0.05) is 66.5 Å². The molecule has 0 spiro atoms. The van der Waals surface area contributed by atoms with E-state index in [1.165, 1.54) is 13.3 Å². The average molecular weight is 529 g/mol. The van der Waals surface area contributed by atoms with Gasteiger partial charge in [0.1, 0.15) is 19.0 Å². The molecule has 0 bridgehead atoms. The van der Waals surface area contributed by atoms with Crippen LogP contribution in [0.4, 0.5) is 11.8 Å². The lowest BCUT2D eigenvalue weighted by atomic mass is 10.0. The molecule has 3 N–H and O–H groups in total. The topological polar surface area (TPSA) is 101 Å². The Bertz CT molecular complexity index is 1170. The number of halogens is 2. The van der Waals surface area contributed by atoms with E-state index < -0.39 is 6.04 Å². The third-order valence-corrected chi connectivity index (χ3v) is 5.59. The van der Waals surface area contributed by atoms with E-state index in [9.17, 15) is 4.79 Å². The number of hydrogen-bond donors (Lipinski definition) is 3. The van der Waals surface area contributed by atoms with E-state index in [0.29, 0.717) is 47.0 Å². The SMILES string of the molecule is CO/N=C\c1cc(N[C@H](CC(C)C)C(=O)NCc2ccc(Cl)cc2)nc(NCc2cccc(Cl)c2)n1. The maximum absolute atomic E-state index is 13.1. The van der Waals surface area contributed by atoms with Crippen LogP contribution in [0.5, 0.6) is 0 Å². The summed E-state index contributed by atoms with van der Waals surface area (Å²) in [6, 6.07) is 16.1. The summed E-state index contributed by atoms with van der Waals surface area (Å²) in [5, 5.41) is 14.6. The molecule has 3 aromatic rings. The minimum absolute atomic E-state index is 0.127. The van der Waals surface area contributed by atoms with Gasteiger partial charge in [0.25, 0.3) is 0 Å². The van der Waals surface area contributed by atoms with Crippen molar-refractivity contribution >= 4 is 47.1 Å². The second kappa shape index (κ2) is 13.7. The molecule has 0 saturated heterocycles. The Hall–Kier alpha value is -3.36. The van der Waals surface area contributed by atoms with Crippen LogP contribution in [0.2, 0.25) is 10.0 Å². The van der Waals surface area contributed by atoms with Gasteiger partial charge in [-0.25, -0.2) is 4.98 Å². The number of carbonyl (C=O) groups excluding carboxylic acids is 1. The highest BCUT2D eigenvalue weighted by atomic mass is 35.5. The number of carbonyl (C=O) groups is 1. The molecule has 8 nitrogen and oxygen atoms in total. The summed E-state index contributed by atoms with van der Waals surface area (Å²) < 4.78 is 0. The molecule has 0 aliphatic carbocycles. The zero-order valence-electron chi connectivity index (χ0n) is 20.5. The predicted octanol–water partition coefficient (Wildman–Crippen LogP) is 5.52. The zero-order chi connectivity index (χ0) is 25.9. The zero-order valence-corrected chi connectivity index (χ0v) is 22.0. The van der Waals surface area contributed by atoms with Crippen LogP contribution in [0, 0.1) is 5.92 Å². The van der Waals surface area contributed by atoms with Crippen molar-refractivity contribution in [1.29, 1.82) is 0 Å². The molecule has 2 aromatic carbocycles. The molecule has 1 aromatic heterocycles. The Morgan fingerprint density at radius 2 is 1.81 bits per heavy atom. The van der Waals surface area contributed by atoms with Crippen LogP contribution in [0.25, 0.3) is 0 Å². The van der Waals surface area contributed by atoms with Crippen molar-refractivity contribution in [3.63, 3.8) is 0 Å². The number of hydrogen-bond acceptors (Lipinski definition) is 7. The number of nitrogens with one attached hydrogen (secondary N) is 3. The van der Waals surface area contributed by atoms with Crippen LogP contribution >= 0.6 is 23.2 Å². The molecule has 0 aliphatic heterocycles. The van der Waals surface area contributed by atoms with Crippen molar-refractivity contribution < 1.29 is 9.63 Å². The summed E-state index contributed by atoms with van der Waals surface area (Å²) in [7, 11) is 1.46. The second-order valence-corrected chi connectivity index (χ2v) is 9.45. The number of oxime groups is 1. The lowest BCUT2D eigenvalue weighted by Gasteiger charge is -2.21. The number of nitrogens with zero attached hydrogens (tertiary/aromatic N) is 3. The van der Waals surface area contributed by atoms with Crippen LogP contribution in [-0.2, 0) is 22.7 Å². The fraction of sp³-hybridized carbons (Fsp3) is 0.308. The molecule has 0 unspecified atom stereocenters. The van der Waals surface area contributed by atoms with Crippen molar-refractivity contribution in [2.75, 3.05) is 17.7 Å². The monoisotopic (exact) mass is 528 g/mol. The first-order chi connectivity index (χ1) is 17.3. The number of aromatic nitrogens is 2. The molecule has 0 saturated carbocycles. The highest BCUT2D eigenvalue weighted by Crippen LogP contribution is 2.17. The molecule has 1 heterocycles. The Labute approximate surface area is 221 Å². The lowest BCUT2D eigenvalue weighted by Crippen LogP contribution is -2.40. The smallest absolute Gasteiger partial charge is 0.242 e. The summed E-state index contributed by atoms with van der Waals surface area (Å²) >= 11 is 12.0. The molecule has 1 atom stereocenters. The van der Waals surface area contributed by atoms with E-state index in [4.69, 9.17) is 28.0 Å². The van der Waals surface area contributed by atoms with Crippen molar-refractivity contribution in [1.82, 2.24) is 15.3 Å². The van der Waals surface area contributed by atoms with Crippen molar-refractivity contribution in [2.24, 2.45) is 11.1 Å². The maximum Gasteiger partial charge on any atom is 0.242 e. The number of rotatable bonds is 12. The predicted molar refractivity (Wildman–Crippen MR) is 146 cm³/mol. The van der Waals surface area contributed by atoms with E-state index in [1.807, 2.05) is 36.4 Å². The van der Waals surface area contributed by atoms with Gasteiger partial charge in [0, 0.05) is 29.2 Å². The van der Waals surface area contributed by atoms with Gasteiger partial charge < -0.3 is 20.8 Å². The standard InChI is InChI=1S/C26H30Cl2N6O2/c1-17(2)11-23(25(35)29-14-18-7-9-20(27)10-8-18)33-24-13-22(16-31-36-3)32-26(34-24)30-15-19-5-4-6-21(28)12-19/h4-10,12-13,16-17,23H,11,14-15H2,1-3H3,(H,29,35)(H2,30,32,33,34)/b31-16-/t23-/m1/s1. The number of amides is 1. The highest BCUT2D eigenvalue weighted by Gasteiger charge is 2.21. The molecule has 3 rings (SSSR count). The largest absolute Gasteiger partial charge is 0.399 e. The normalized spacial score (nSPS) is 11.9. The van der Waals surface area contributed by atoms with Gasteiger partial charge in [-0.05, 0) is 47.7 Å². The lowest BCUT2D eigenvalue weighted by molar-refractivity contribution is -0.122. The van der Waals surface area contributed by atoms with E-state index >= 15 is 0 Å². The second-order valence-electron chi connectivity index (χ2n) is 8.57. The number of anilines is 2. The summed E-state index contributed by atoms with van der Waals surface area (Å²) in [4.78, 5) is 26.9. The Balaban J connectivity index is 1.76. The Kier molecular flexibility index (Phi) is 10.3. The first kappa shape index (κ1) is 27.2. The van der Waals surface area contributed by atoms with Crippen LogP contribution in [0.1, 0.15) is 37.1 Å².